The van der Waals surface area contributed by atoms with E-state index in [0.717, 1.165) is 44.1 Å². The predicted molar refractivity (Wildman–Crippen MR) is 84.3 cm³/mol. The van der Waals surface area contributed by atoms with Crippen molar-refractivity contribution in [3.63, 3.8) is 0 Å². The number of rotatable bonds is 4. The quantitative estimate of drug-likeness (QED) is 0.920. The lowest BCUT2D eigenvalue weighted by atomic mass is 9.95. The van der Waals surface area contributed by atoms with Crippen molar-refractivity contribution in [3.8, 4) is 11.5 Å². The summed E-state index contributed by atoms with van der Waals surface area (Å²) in [6, 6.07) is 6.34. The molecule has 0 bridgehead atoms. The smallest absolute Gasteiger partial charge is 0.161 e. The van der Waals surface area contributed by atoms with E-state index in [2.05, 4.69) is 36.2 Å². The van der Waals surface area contributed by atoms with Crippen LogP contribution >= 0.6 is 0 Å². The third kappa shape index (κ3) is 3.50. The summed E-state index contributed by atoms with van der Waals surface area (Å²) in [6.07, 6.45) is 2.24. The van der Waals surface area contributed by atoms with E-state index in [1.165, 1.54) is 12.0 Å². The first-order valence-corrected chi connectivity index (χ1v) is 8.04. The molecule has 0 aliphatic carbocycles. The Bertz CT molecular complexity index is 492. The van der Waals surface area contributed by atoms with Crippen molar-refractivity contribution < 1.29 is 9.47 Å². The molecule has 116 valence electrons. The Morgan fingerprint density at radius 2 is 2.05 bits per heavy atom. The minimum atomic E-state index is 0.269. The van der Waals surface area contributed by atoms with E-state index >= 15 is 0 Å². The second-order valence-electron chi connectivity index (χ2n) is 6.35. The first kappa shape index (κ1) is 14.7. The highest BCUT2D eigenvalue weighted by Crippen LogP contribution is 2.31. The number of ether oxygens (including phenoxy) is 2. The van der Waals surface area contributed by atoms with Crippen LogP contribution in [-0.4, -0.2) is 49.8 Å². The number of nitrogens with zero attached hydrogens (tertiary/aromatic N) is 1. The zero-order valence-electron chi connectivity index (χ0n) is 13.2. The predicted octanol–water partition coefficient (Wildman–Crippen LogP) is 2.07. The van der Waals surface area contributed by atoms with Crippen LogP contribution < -0.4 is 14.8 Å². The number of fused-ring (bicyclic) bond motifs is 1. The first-order valence-electron chi connectivity index (χ1n) is 8.04. The third-order valence-corrected chi connectivity index (χ3v) is 4.66. The second-order valence-corrected chi connectivity index (χ2v) is 6.35. The van der Waals surface area contributed by atoms with Gasteiger partial charge < -0.3 is 14.8 Å². The number of benzene rings is 1. The molecule has 2 heterocycles. The van der Waals surface area contributed by atoms with Gasteiger partial charge in [0.25, 0.3) is 0 Å². The normalized spacial score (nSPS) is 25.8. The SMILES string of the molecule is CCC1(C)CN(CCc2ccc3c(c2)OCCO3)CCN1. The van der Waals surface area contributed by atoms with Gasteiger partial charge in [0, 0.05) is 31.7 Å². The fourth-order valence-corrected chi connectivity index (χ4v) is 3.10. The zero-order valence-corrected chi connectivity index (χ0v) is 13.2. The molecular weight excluding hydrogens is 264 g/mol. The van der Waals surface area contributed by atoms with Gasteiger partial charge in [0.1, 0.15) is 13.2 Å². The van der Waals surface area contributed by atoms with Crippen molar-refractivity contribution in [1.82, 2.24) is 10.2 Å². The Morgan fingerprint density at radius 1 is 1.24 bits per heavy atom. The summed E-state index contributed by atoms with van der Waals surface area (Å²) in [6.45, 7) is 10.4. The Balaban J connectivity index is 1.57. The van der Waals surface area contributed by atoms with Crippen LogP contribution in [0.4, 0.5) is 0 Å². The summed E-state index contributed by atoms with van der Waals surface area (Å²) in [5.74, 6) is 1.78. The monoisotopic (exact) mass is 290 g/mol. The molecule has 1 unspecified atom stereocenters. The maximum atomic E-state index is 5.66. The number of nitrogens with one attached hydrogen (secondary N) is 1. The molecule has 1 saturated heterocycles. The fourth-order valence-electron chi connectivity index (χ4n) is 3.10. The molecule has 3 rings (SSSR count). The summed E-state index contributed by atoms with van der Waals surface area (Å²) in [4.78, 5) is 2.57. The van der Waals surface area contributed by atoms with Gasteiger partial charge in [-0.15, -0.1) is 0 Å². The average molecular weight is 290 g/mol. The van der Waals surface area contributed by atoms with Crippen LogP contribution in [0.2, 0.25) is 0 Å². The van der Waals surface area contributed by atoms with E-state index in [1.807, 2.05) is 6.07 Å². The molecule has 0 amide bonds. The molecular formula is C17H26N2O2. The Hall–Kier alpha value is -1.26. The maximum Gasteiger partial charge on any atom is 0.161 e. The molecule has 0 saturated carbocycles. The van der Waals surface area contributed by atoms with Crippen molar-refractivity contribution in [2.45, 2.75) is 32.2 Å². The van der Waals surface area contributed by atoms with Crippen LogP contribution in [0, 0.1) is 0 Å². The first-order chi connectivity index (χ1) is 10.2. The fraction of sp³-hybridized carbons (Fsp3) is 0.647. The van der Waals surface area contributed by atoms with Crippen LogP contribution in [0.5, 0.6) is 11.5 Å². The minimum Gasteiger partial charge on any atom is -0.486 e. The Kier molecular flexibility index (Phi) is 4.36. The van der Waals surface area contributed by atoms with Crippen LogP contribution in [0.25, 0.3) is 0 Å². The van der Waals surface area contributed by atoms with Crippen LogP contribution in [0.15, 0.2) is 18.2 Å². The molecule has 1 aromatic rings. The standard InChI is InChI=1S/C17H26N2O2/c1-3-17(2)13-19(9-7-18-17)8-6-14-4-5-15-16(12-14)21-11-10-20-15/h4-5,12,18H,3,6-11,13H2,1-2H3. The molecule has 1 N–H and O–H groups in total. The highest BCUT2D eigenvalue weighted by atomic mass is 16.6. The minimum absolute atomic E-state index is 0.269. The van der Waals surface area contributed by atoms with E-state index in [4.69, 9.17) is 9.47 Å². The lowest BCUT2D eigenvalue weighted by Crippen LogP contribution is -2.58. The number of hydrogen-bond donors (Lipinski definition) is 1. The lowest BCUT2D eigenvalue weighted by molar-refractivity contribution is 0.141. The molecule has 0 spiro atoms. The molecule has 4 nitrogen and oxygen atoms in total. The third-order valence-electron chi connectivity index (χ3n) is 4.66. The molecule has 1 aromatic carbocycles. The highest BCUT2D eigenvalue weighted by Gasteiger charge is 2.28. The number of piperazine rings is 1. The Morgan fingerprint density at radius 3 is 2.86 bits per heavy atom. The summed E-state index contributed by atoms with van der Waals surface area (Å²) < 4.78 is 11.2. The van der Waals surface area contributed by atoms with Gasteiger partial charge in [-0.25, -0.2) is 0 Å². The molecule has 0 aromatic heterocycles. The molecule has 4 heteroatoms. The van der Waals surface area contributed by atoms with Crippen LogP contribution in [0.1, 0.15) is 25.8 Å². The van der Waals surface area contributed by atoms with Gasteiger partial charge in [-0.3, -0.25) is 4.90 Å². The Labute approximate surface area is 127 Å². The molecule has 2 aliphatic heterocycles. The lowest BCUT2D eigenvalue weighted by Gasteiger charge is -2.41. The van der Waals surface area contributed by atoms with Crippen LogP contribution in [-0.2, 0) is 6.42 Å². The van der Waals surface area contributed by atoms with E-state index < -0.39 is 0 Å². The molecule has 2 aliphatic rings. The maximum absolute atomic E-state index is 5.66. The molecule has 21 heavy (non-hydrogen) atoms. The van der Waals surface area contributed by atoms with Gasteiger partial charge >= 0.3 is 0 Å². The molecule has 0 radical (unpaired) electrons. The van der Waals surface area contributed by atoms with E-state index in [-0.39, 0.29) is 5.54 Å². The topological polar surface area (TPSA) is 33.7 Å². The van der Waals surface area contributed by atoms with Gasteiger partial charge in [0.15, 0.2) is 11.5 Å². The summed E-state index contributed by atoms with van der Waals surface area (Å²) in [5.41, 5.74) is 1.60. The van der Waals surface area contributed by atoms with Crippen molar-refractivity contribution in [2.24, 2.45) is 0 Å². The van der Waals surface area contributed by atoms with Gasteiger partial charge in [-0.1, -0.05) is 13.0 Å². The van der Waals surface area contributed by atoms with Gasteiger partial charge in [0.05, 0.1) is 0 Å². The van der Waals surface area contributed by atoms with Gasteiger partial charge in [-0.2, -0.15) is 0 Å². The summed E-state index contributed by atoms with van der Waals surface area (Å²) >= 11 is 0. The van der Waals surface area contributed by atoms with Crippen molar-refractivity contribution in [3.05, 3.63) is 23.8 Å². The summed E-state index contributed by atoms with van der Waals surface area (Å²) in [7, 11) is 0. The highest BCUT2D eigenvalue weighted by molar-refractivity contribution is 5.43. The van der Waals surface area contributed by atoms with Crippen LogP contribution in [0.3, 0.4) is 0 Å². The molecule has 1 atom stereocenters. The van der Waals surface area contributed by atoms with Gasteiger partial charge in [0.2, 0.25) is 0 Å². The largest absolute Gasteiger partial charge is 0.486 e. The average Bonchev–Trinajstić information content (AvgIpc) is 2.53. The van der Waals surface area contributed by atoms with Crippen molar-refractivity contribution in [2.75, 3.05) is 39.4 Å². The van der Waals surface area contributed by atoms with Crippen molar-refractivity contribution >= 4 is 0 Å². The van der Waals surface area contributed by atoms with E-state index in [1.54, 1.807) is 0 Å². The molecule has 1 fully saturated rings. The van der Waals surface area contributed by atoms with Gasteiger partial charge in [-0.05, 0) is 37.5 Å². The van der Waals surface area contributed by atoms with E-state index in [0.29, 0.717) is 13.2 Å². The summed E-state index contributed by atoms with van der Waals surface area (Å²) in [5, 5.41) is 3.64. The van der Waals surface area contributed by atoms with Crippen molar-refractivity contribution in [1.29, 1.82) is 0 Å². The zero-order chi connectivity index (χ0) is 14.7. The van der Waals surface area contributed by atoms with E-state index in [9.17, 15) is 0 Å². The second kappa shape index (κ2) is 6.24. The number of hydrogen-bond acceptors (Lipinski definition) is 4.